The number of carbonyl (C=O) groups excluding carboxylic acids is 1. The van der Waals surface area contributed by atoms with Gasteiger partial charge in [-0.2, -0.15) is 0 Å². The molecule has 0 atom stereocenters. The Morgan fingerprint density at radius 2 is 2.10 bits per heavy atom. The van der Waals surface area contributed by atoms with Gasteiger partial charge in [-0.3, -0.25) is 4.79 Å². The smallest absolute Gasteiger partial charge is 0.169 e. The van der Waals surface area contributed by atoms with Crippen LogP contribution in [-0.2, 0) is 22.4 Å². The van der Waals surface area contributed by atoms with E-state index in [0.29, 0.717) is 30.9 Å². The first-order valence-electron chi connectivity index (χ1n) is 7.08. The summed E-state index contributed by atoms with van der Waals surface area (Å²) in [5, 5.41) is 0.660. The van der Waals surface area contributed by atoms with Gasteiger partial charge in [0.1, 0.15) is 11.4 Å². The van der Waals surface area contributed by atoms with E-state index in [2.05, 4.69) is 0 Å². The molecule has 0 bridgehead atoms. The van der Waals surface area contributed by atoms with Crippen molar-refractivity contribution in [2.45, 2.75) is 45.1 Å². The molecule has 1 heterocycles. The third-order valence-corrected chi connectivity index (χ3v) is 4.44. The van der Waals surface area contributed by atoms with E-state index in [-0.39, 0.29) is 5.78 Å². The van der Waals surface area contributed by atoms with Crippen molar-refractivity contribution in [1.82, 2.24) is 0 Å². The highest BCUT2D eigenvalue weighted by Gasteiger charge is 2.35. The van der Waals surface area contributed by atoms with Gasteiger partial charge in [-0.05, 0) is 30.5 Å². The zero-order chi connectivity index (χ0) is 14.8. The SMILES string of the molecule is CCC(CC)(OC)C(=O)Cc1cc(Cl)cc2c1OCC2. The standard InChI is InChI=1S/C16H21ClO3/c1-4-16(5-2,19-3)14(18)10-12-9-13(17)8-11-6-7-20-15(11)12/h8-9H,4-7,10H2,1-3H3. The molecular formula is C16H21ClO3. The summed E-state index contributed by atoms with van der Waals surface area (Å²) >= 11 is 6.13. The van der Waals surface area contributed by atoms with Crippen LogP contribution in [0.2, 0.25) is 5.02 Å². The van der Waals surface area contributed by atoms with Crippen LogP contribution in [0.15, 0.2) is 12.1 Å². The number of fused-ring (bicyclic) bond motifs is 1. The molecular weight excluding hydrogens is 276 g/mol. The van der Waals surface area contributed by atoms with E-state index in [1.807, 2.05) is 26.0 Å². The molecule has 0 unspecified atom stereocenters. The van der Waals surface area contributed by atoms with Gasteiger partial charge in [0.2, 0.25) is 0 Å². The molecule has 0 N–H and O–H groups in total. The van der Waals surface area contributed by atoms with E-state index in [1.54, 1.807) is 7.11 Å². The summed E-state index contributed by atoms with van der Waals surface area (Å²) in [7, 11) is 1.60. The fourth-order valence-corrected chi connectivity index (χ4v) is 3.12. The Bertz CT molecular complexity index is 498. The number of halogens is 1. The van der Waals surface area contributed by atoms with Crippen molar-refractivity contribution < 1.29 is 14.3 Å². The van der Waals surface area contributed by atoms with Crippen LogP contribution in [0.25, 0.3) is 0 Å². The van der Waals surface area contributed by atoms with Crippen LogP contribution in [0, 0.1) is 0 Å². The number of benzene rings is 1. The molecule has 1 aliphatic rings. The summed E-state index contributed by atoms with van der Waals surface area (Å²) < 4.78 is 11.1. The lowest BCUT2D eigenvalue weighted by Crippen LogP contribution is -2.40. The van der Waals surface area contributed by atoms with E-state index in [4.69, 9.17) is 21.1 Å². The Morgan fingerprint density at radius 1 is 1.40 bits per heavy atom. The Kier molecular flexibility index (Phi) is 4.71. The van der Waals surface area contributed by atoms with E-state index >= 15 is 0 Å². The van der Waals surface area contributed by atoms with Crippen molar-refractivity contribution >= 4 is 17.4 Å². The van der Waals surface area contributed by atoms with Gasteiger partial charge < -0.3 is 9.47 Å². The van der Waals surface area contributed by atoms with Crippen molar-refractivity contribution in [3.8, 4) is 5.75 Å². The predicted octanol–water partition coefficient (Wildman–Crippen LogP) is 3.59. The number of Topliss-reactive ketones (excluding diaryl/α,β-unsaturated/α-hetero) is 1. The zero-order valence-electron chi connectivity index (χ0n) is 12.3. The second kappa shape index (κ2) is 6.15. The monoisotopic (exact) mass is 296 g/mol. The van der Waals surface area contributed by atoms with Gasteiger partial charge in [-0.15, -0.1) is 0 Å². The first-order chi connectivity index (χ1) is 9.56. The minimum Gasteiger partial charge on any atom is -0.493 e. The molecule has 110 valence electrons. The maximum atomic E-state index is 12.6. The number of ether oxygens (including phenoxy) is 2. The fraction of sp³-hybridized carbons (Fsp3) is 0.562. The molecule has 1 aromatic rings. The van der Waals surface area contributed by atoms with Crippen molar-refractivity contribution in [1.29, 1.82) is 0 Å². The third-order valence-electron chi connectivity index (χ3n) is 4.22. The minimum absolute atomic E-state index is 0.0879. The van der Waals surface area contributed by atoms with Crippen molar-refractivity contribution in [2.75, 3.05) is 13.7 Å². The number of rotatable bonds is 6. The lowest BCUT2D eigenvalue weighted by molar-refractivity contribution is -0.141. The highest BCUT2D eigenvalue weighted by Crippen LogP contribution is 2.34. The van der Waals surface area contributed by atoms with Crippen LogP contribution in [0.1, 0.15) is 37.8 Å². The summed E-state index contributed by atoms with van der Waals surface area (Å²) in [6.07, 6.45) is 2.50. The largest absolute Gasteiger partial charge is 0.493 e. The van der Waals surface area contributed by atoms with Gasteiger partial charge in [0, 0.05) is 30.5 Å². The quantitative estimate of drug-likeness (QED) is 0.805. The van der Waals surface area contributed by atoms with Crippen LogP contribution in [0.4, 0.5) is 0 Å². The highest BCUT2D eigenvalue weighted by molar-refractivity contribution is 6.30. The lowest BCUT2D eigenvalue weighted by atomic mass is 9.87. The Morgan fingerprint density at radius 3 is 2.70 bits per heavy atom. The molecule has 0 aliphatic carbocycles. The molecule has 4 heteroatoms. The van der Waals surface area contributed by atoms with Gasteiger partial charge in [-0.1, -0.05) is 25.4 Å². The van der Waals surface area contributed by atoms with Gasteiger partial charge in [0.15, 0.2) is 5.78 Å². The maximum Gasteiger partial charge on any atom is 0.169 e. The zero-order valence-corrected chi connectivity index (χ0v) is 13.0. The van der Waals surface area contributed by atoms with Crippen LogP contribution < -0.4 is 4.74 Å². The second-order valence-electron chi connectivity index (χ2n) is 5.16. The van der Waals surface area contributed by atoms with Gasteiger partial charge in [-0.25, -0.2) is 0 Å². The van der Waals surface area contributed by atoms with Gasteiger partial charge in [0.25, 0.3) is 0 Å². The van der Waals surface area contributed by atoms with Crippen LogP contribution in [0.3, 0.4) is 0 Å². The fourth-order valence-electron chi connectivity index (χ4n) is 2.86. The molecule has 0 spiro atoms. The Labute approximate surface area is 125 Å². The maximum absolute atomic E-state index is 12.6. The summed E-state index contributed by atoms with van der Waals surface area (Å²) in [6, 6.07) is 3.75. The number of ketones is 1. The predicted molar refractivity (Wildman–Crippen MR) is 79.7 cm³/mol. The van der Waals surface area contributed by atoms with E-state index in [9.17, 15) is 4.79 Å². The van der Waals surface area contributed by atoms with Crippen LogP contribution in [0.5, 0.6) is 5.75 Å². The first kappa shape index (κ1) is 15.3. The first-order valence-corrected chi connectivity index (χ1v) is 7.46. The number of methoxy groups -OCH3 is 1. The highest BCUT2D eigenvalue weighted by atomic mass is 35.5. The number of hydrogen-bond donors (Lipinski definition) is 0. The van der Waals surface area contributed by atoms with Gasteiger partial charge in [0.05, 0.1) is 6.61 Å². The summed E-state index contributed by atoms with van der Waals surface area (Å²) in [6.45, 7) is 4.61. The van der Waals surface area contributed by atoms with Crippen LogP contribution in [-0.4, -0.2) is 25.1 Å². The molecule has 0 radical (unpaired) electrons. The molecule has 0 aromatic heterocycles. The van der Waals surface area contributed by atoms with E-state index < -0.39 is 5.60 Å². The molecule has 2 rings (SSSR count). The summed E-state index contributed by atoms with van der Waals surface area (Å²) in [5.41, 5.74) is 1.27. The van der Waals surface area contributed by atoms with Crippen molar-refractivity contribution in [3.05, 3.63) is 28.3 Å². The molecule has 3 nitrogen and oxygen atoms in total. The topological polar surface area (TPSA) is 35.5 Å². The van der Waals surface area contributed by atoms with Gasteiger partial charge >= 0.3 is 0 Å². The average Bonchev–Trinajstić information content (AvgIpc) is 2.89. The molecule has 1 aliphatic heterocycles. The lowest BCUT2D eigenvalue weighted by Gasteiger charge is -2.28. The van der Waals surface area contributed by atoms with Crippen molar-refractivity contribution in [2.24, 2.45) is 0 Å². The normalized spacial score (nSPS) is 14.0. The molecule has 0 saturated heterocycles. The molecule has 0 fully saturated rings. The van der Waals surface area contributed by atoms with Crippen molar-refractivity contribution in [3.63, 3.8) is 0 Å². The summed E-state index contributed by atoms with van der Waals surface area (Å²) in [4.78, 5) is 12.6. The molecule has 0 amide bonds. The average molecular weight is 297 g/mol. The Hall–Kier alpha value is -1.06. The number of carbonyl (C=O) groups is 1. The molecule has 1 aromatic carbocycles. The Balaban J connectivity index is 2.28. The number of hydrogen-bond acceptors (Lipinski definition) is 3. The minimum atomic E-state index is -0.701. The van der Waals surface area contributed by atoms with E-state index in [1.165, 1.54) is 0 Å². The molecule has 20 heavy (non-hydrogen) atoms. The van der Waals surface area contributed by atoms with Crippen LogP contribution >= 0.6 is 11.6 Å². The molecule has 0 saturated carbocycles. The third kappa shape index (κ3) is 2.70. The summed E-state index contributed by atoms with van der Waals surface area (Å²) in [5.74, 6) is 0.921. The van der Waals surface area contributed by atoms with E-state index in [0.717, 1.165) is 23.3 Å². The second-order valence-corrected chi connectivity index (χ2v) is 5.59.